The maximum atomic E-state index is 12.0. The van der Waals surface area contributed by atoms with Crippen molar-refractivity contribution in [1.29, 1.82) is 0 Å². The topological polar surface area (TPSA) is 63.6 Å². The summed E-state index contributed by atoms with van der Waals surface area (Å²) >= 11 is 3.32. The zero-order valence-electron chi connectivity index (χ0n) is 12.6. The van der Waals surface area contributed by atoms with Crippen LogP contribution in [-0.2, 0) is 11.2 Å². The van der Waals surface area contributed by atoms with Crippen LogP contribution in [0.2, 0.25) is 0 Å². The molecule has 0 radical (unpaired) electrons. The lowest BCUT2D eigenvalue weighted by Gasteiger charge is -2.13. The number of hydrogen-bond acceptors (Lipinski definition) is 3. The molecular weight excluding hydrogens is 336 g/mol. The van der Waals surface area contributed by atoms with Gasteiger partial charge in [0, 0.05) is 4.47 Å². The lowest BCUT2D eigenvalue weighted by atomic mass is 9.98. The summed E-state index contributed by atoms with van der Waals surface area (Å²) in [6.07, 6.45) is 2.42. The smallest absolute Gasteiger partial charge is 0.339 e. The molecule has 1 rings (SSSR count). The van der Waals surface area contributed by atoms with Gasteiger partial charge in [0.1, 0.15) is 0 Å². The monoisotopic (exact) mass is 356 g/mol. The van der Waals surface area contributed by atoms with Gasteiger partial charge in [0.05, 0.1) is 17.7 Å². The van der Waals surface area contributed by atoms with Gasteiger partial charge in [-0.25, -0.2) is 9.59 Å². The molecule has 0 bridgehead atoms. The first kappa shape index (κ1) is 17.7. The summed E-state index contributed by atoms with van der Waals surface area (Å²) < 4.78 is 5.58. The molecule has 0 atom stereocenters. The van der Waals surface area contributed by atoms with E-state index in [1.165, 1.54) is 0 Å². The maximum Gasteiger partial charge on any atom is 0.339 e. The quantitative estimate of drug-likeness (QED) is 0.584. The zero-order chi connectivity index (χ0) is 16.0. The van der Waals surface area contributed by atoms with Crippen molar-refractivity contribution in [2.75, 3.05) is 6.61 Å². The molecule has 0 saturated carbocycles. The Labute approximate surface area is 133 Å². The van der Waals surface area contributed by atoms with Gasteiger partial charge < -0.3 is 9.84 Å². The molecule has 0 amide bonds. The fraction of sp³-hybridized carbons (Fsp3) is 0.500. The number of esters is 1. The normalized spacial score (nSPS) is 10.7. The van der Waals surface area contributed by atoms with E-state index < -0.39 is 11.9 Å². The third-order valence-electron chi connectivity index (χ3n) is 3.01. The van der Waals surface area contributed by atoms with E-state index in [0.717, 1.165) is 24.8 Å². The summed E-state index contributed by atoms with van der Waals surface area (Å²) in [5.74, 6) is -1.32. The molecule has 0 fully saturated rings. The number of unbranched alkanes of at least 4 members (excludes halogenated alkanes) is 1. The van der Waals surface area contributed by atoms with Crippen LogP contribution in [0.15, 0.2) is 16.6 Å². The van der Waals surface area contributed by atoms with E-state index in [-0.39, 0.29) is 11.1 Å². The fourth-order valence-electron chi connectivity index (χ4n) is 1.98. The molecule has 0 spiro atoms. The summed E-state index contributed by atoms with van der Waals surface area (Å²) in [4.78, 5) is 23.5. The zero-order valence-corrected chi connectivity index (χ0v) is 14.2. The summed E-state index contributed by atoms with van der Waals surface area (Å²) in [7, 11) is 0. The van der Waals surface area contributed by atoms with Gasteiger partial charge in [0.25, 0.3) is 0 Å². The Morgan fingerprint density at radius 2 is 2.00 bits per heavy atom. The first-order valence-corrected chi connectivity index (χ1v) is 7.89. The Kier molecular flexibility index (Phi) is 6.89. The number of ether oxygens (including phenoxy) is 1. The molecule has 0 aliphatic carbocycles. The summed E-state index contributed by atoms with van der Waals surface area (Å²) in [5.41, 5.74) is 0.958. The van der Waals surface area contributed by atoms with Gasteiger partial charge in [0.2, 0.25) is 0 Å². The van der Waals surface area contributed by atoms with E-state index in [2.05, 4.69) is 29.8 Å². The van der Waals surface area contributed by atoms with E-state index in [4.69, 9.17) is 4.74 Å². The minimum atomic E-state index is -1.13. The number of halogens is 1. The summed E-state index contributed by atoms with van der Waals surface area (Å²) in [5, 5.41) is 9.39. The second kappa shape index (κ2) is 8.17. The lowest BCUT2D eigenvalue weighted by molar-refractivity contribution is 0.0489. The molecule has 1 aromatic carbocycles. The van der Waals surface area contributed by atoms with E-state index in [9.17, 15) is 14.7 Å². The number of carboxylic acid groups (broad SMARTS) is 1. The van der Waals surface area contributed by atoms with Crippen molar-refractivity contribution in [3.63, 3.8) is 0 Å². The average molecular weight is 357 g/mol. The molecule has 0 aromatic heterocycles. The van der Waals surface area contributed by atoms with Crippen LogP contribution < -0.4 is 0 Å². The fourth-order valence-corrected chi connectivity index (χ4v) is 2.66. The van der Waals surface area contributed by atoms with Crippen molar-refractivity contribution in [3.05, 3.63) is 33.3 Å². The Bertz CT molecular complexity index is 523. The minimum absolute atomic E-state index is 0.0188. The number of rotatable bonds is 7. The van der Waals surface area contributed by atoms with Crippen LogP contribution in [0.1, 0.15) is 59.9 Å². The highest BCUT2D eigenvalue weighted by atomic mass is 79.9. The average Bonchev–Trinajstić information content (AvgIpc) is 2.40. The van der Waals surface area contributed by atoms with E-state index in [1.807, 2.05) is 6.92 Å². The van der Waals surface area contributed by atoms with Crippen LogP contribution >= 0.6 is 15.9 Å². The number of hydrogen-bond donors (Lipinski definition) is 1. The van der Waals surface area contributed by atoms with Crippen molar-refractivity contribution in [3.8, 4) is 0 Å². The van der Waals surface area contributed by atoms with E-state index in [0.29, 0.717) is 17.0 Å². The Balaban J connectivity index is 3.12. The molecule has 1 aromatic rings. The van der Waals surface area contributed by atoms with Crippen molar-refractivity contribution in [1.82, 2.24) is 0 Å². The van der Waals surface area contributed by atoms with Gasteiger partial charge >= 0.3 is 11.9 Å². The molecule has 116 valence electrons. The standard InChI is InChI=1S/C16H21BrO4/c1-4-5-8-21-16(20)12-7-6-11(9-10(2)3)14(17)13(12)15(18)19/h6-7,10H,4-5,8-9H2,1-3H3,(H,18,19). The highest BCUT2D eigenvalue weighted by molar-refractivity contribution is 9.10. The predicted molar refractivity (Wildman–Crippen MR) is 84.8 cm³/mol. The third kappa shape index (κ3) is 4.84. The van der Waals surface area contributed by atoms with Gasteiger partial charge in [-0.05, 0) is 46.3 Å². The molecule has 0 aliphatic rings. The van der Waals surface area contributed by atoms with Crippen LogP contribution in [0.3, 0.4) is 0 Å². The van der Waals surface area contributed by atoms with Gasteiger partial charge in [-0.1, -0.05) is 33.3 Å². The van der Waals surface area contributed by atoms with Crippen LogP contribution in [0.25, 0.3) is 0 Å². The molecule has 0 unspecified atom stereocenters. The molecule has 4 nitrogen and oxygen atoms in total. The predicted octanol–water partition coefficient (Wildman–Crippen LogP) is 4.30. The maximum absolute atomic E-state index is 12.0. The van der Waals surface area contributed by atoms with Crippen LogP contribution in [0, 0.1) is 5.92 Å². The van der Waals surface area contributed by atoms with Gasteiger partial charge in [-0.15, -0.1) is 0 Å². The molecule has 0 heterocycles. The first-order chi connectivity index (χ1) is 9.88. The number of carbonyl (C=O) groups excluding carboxylic acids is 1. The second-order valence-electron chi connectivity index (χ2n) is 5.35. The van der Waals surface area contributed by atoms with Crippen molar-refractivity contribution >= 4 is 27.9 Å². The molecule has 1 N–H and O–H groups in total. The molecule has 5 heteroatoms. The van der Waals surface area contributed by atoms with Crippen molar-refractivity contribution in [2.45, 2.75) is 40.0 Å². The van der Waals surface area contributed by atoms with Crippen molar-refractivity contribution < 1.29 is 19.4 Å². The van der Waals surface area contributed by atoms with Crippen molar-refractivity contribution in [2.24, 2.45) is 5.92 Å². The summed E-state index contributed by atoms with van der Waals surface area (Å²) in [6.45, 7) is 6.41. The summed E-state index contributed by atoms with van der Waals surface area (Å²) in [6, 6.07) is 3.33. The van der Waals surface area contributed by atoms with Crippen LogP contribution in [0.5, 0.6) is 0 Å². The second-order valence-corrected chi connectivity index (χ2v) is 6.15. The van der Waals surface area contributed by atoms with E-state index in [1.54, 1.807) is 12.1 Å². The lowest BCUT2D eigenvalue weighted by Crippen LogP contribution is -2.14. The largest absolute Gasteiger partial charge is 0.478 e. The number of carbonyl (C=O) groups is 2. The number of benzene rings is 1. The molecule has 0 aliphatic heterocycles. The molecular formula is C16H21BrO4. The SMILES string of the molecule is CCCCOC(=O)c1ccc(CC(C)C)c(Br)c1C(=O)O. The third-order valence-corrected chi connectivity index (χ3v) is 3.92. The van der Waals surface area contributed by atoms with E-state index >= 15 is 0 Å². The van der Waals surface area contributed by atoms with Crippen LogP contribution in [-0.4, -0.2) is 23.7 Å². The van der Waals surface area contributed by atoms with Gasteiger partial charge in [-0.3, -0.25) is 0 Å². The van der Waals surface area contributed by atoms with Crippen LogP contribution in [0.4, 0.5) is 0 Å². The molecule has 0 saturated heterocycles. The van der Waals surface area contributed by atoms with Gasteiger partial charge in [-0.2, -0.15) is 0 Å². The Hall–Kier alpha value is -1.36. The molecule has 21 heavy (non-hydrogen) atoms. The highest BCUT2D eigenvalue weighted by Gasteiger charge is 2.23. The minimum Gasteiger partial charge on any atom is -0.478 e. The highest BCUT2D eigenvalue weighted by Crippen LogP contribution is 2.28. The first-order valence-electron chi connectivity index (χ1n) is 7.10. The number of carboxylic acids is 1. The Morgan fingerprint density at radius 3 is 2.52 bits per heavy atom. The van der Waals surface area contributed by atoms with Gasteiger partial charge in [0.15, 0.2) is 0 Å². The Morgan fingerprint density at radius 1 is 1.33 bits per heavy atom. The number of aromatic carboxylic acids is 1.